The summed E-state index contributed by atoms with van der Waals surface area (Å²) in [5.41, 5.74) is 0. The number of likely N-dealkylation sites (N-methyl/N-ethyl adjacent to an activating group) is 1. The van der Waals surface area contributed by atoms with E-state index < -0.39 is 0 Å². The van der Waals surface area contributed by atoms with E-state index in [9.17, 15) is 0 Å². The van der Waals surface area contributed by atoms with E-state index in [2.05, 4.69) is 27.2 Å². The largest absolute Gasteiger partial charge is 0.475 e. The second-order valence-electron chi connectivity index (χ2n) is 4.71. The van der Waals surface area contributed by atoms with Crippen molar-refractivity contribution in [2.75, 3.05) is 32.1 Å². The second kappa shape index (κ2) is 6.54. The molecule has 1 atom stereocenters. The van der Waals surface area contributed by atoms with Crippen LogP contribution >= 0.6 is 0 Å². The molecule has 1 aliphatic rings. The van der Waals surface area contributed by atoms with Gasteiger partial charge >= 0.3 is 0 Å². The first-order valence-corrected chi connectivity index (χ1v) is 6.68. The standard InChI is InChI=1S/C13H22N4O/c1-3-15-12-8-14-9-13(16-12)18-10-11-6-4-5-7-17(11)2/h8-9,11H,3-7,10H2,1-2H3,(H,15,16). The summed E-state index contributed by atoms with van der Waals surface area (Å²) in [5.74, 6) is 1.37. The molecule has 1 fully saturated rings. The molecule has 5 nitrogen and oxygen atoms in total. The Morgan fingerprint density at radius 2 is 2.33 bits per heavy atom. The molecule has 0 spiro atoms. The first kappa shape index (κ1) is 13.1. The quantitative estimate of drug-likeness (QED) is 0.863. The summed E-state index contributed by atoms with van der Waals surface area (Å²) in [6.45, 7) is 4.73. The number of hydrogen-bond donors (Lipinski definition) is 1. The van der Waals surface area contributed by atoms with E-state index in [0.717, 1.165) is 18.9 Å². The summed E-state index contributed by atoms with van der Waals surface area (Å²) < 4.78 is 5.75. The Balaban J connectivity index is 1.87. The zero-order chi connectivity index (χ0) is 12.8. The third-order valence-corrected chi connectivity index (χ3v) is 3.32. The maximum absolute atomic E-state index is 5.75. The van der Waals surface area contributed by atoms with Crippen LogP contribution in [0.25, 0.3) is 0 Å². The van der Waals surface area contributed by atoms with Gasteiger partial charge in [0.15, 0.2) is 0 Å². The molecule has 1 aromatic rings. The molecular formula is C13H22N4O. The van der Waals surface area contributed by atoms with E-state index in [4.69, 9.17) is 4.74 Å². The normalized spacial score (nSPS) is 20.7. The number of hydrogen-bond acceptors (Lipinski definition) is 5. The molecule has 0 bridgehead atoms. The Morgan fingerprint density at radius 1 is 1.44 bits per heavy atom. The Kier molecular flexibility index (Phi) is 4.75. The van der Waals surface area contributed by atoms with Gasteiger partial charge in [0.1, 0.15) is 12.4 Å². The predicted octanol–water partition coefficient (Wildman–Crippen LogP) is 1.77. The maximum Gasteiger partial charge on any atom is 0.234 e. The average Bonchev–Trinajstić information content (AvgIpc) is 2.39. The van der Waals surface area contributed by atoms with E-state index in [1.165, 1.54) is 19.3 Å². The molecule has 18 heavy (non-hydrogen) atoms. The van der Waals surface area contributed by atoms with E-state index in [-0.39, 0.29) is 0 Å². The summed E-state index contributed by atoms with van der Waals surface area (Å²) in [5, 5.41) is 3.13. The van der Waals surface area contributed by atoms with Crippen LogP contribution in [-0.2, 0) is 0 Å². The third-order valence-electron chi connectivity index (χ3n) is 3.32. The predicted molar refractivity (Wildman–Crippen MR) is 72.0 cm³/mol. The molecule has 0 aromatic carbocycles. The molecule has 1 aromatic heterocycles. The van der Waals surface area contributed by atoms with Gasteiger partial charge in [-0.1, -0.05) is 6.42 Å². The van der Waals surface area contributed by atoms with Crippen molar-refractivity contribution >= 4 is 5.82 Å². The number of nitrogens with zero attached hydrogens (tertiary/aromatic N) is 3. The molecule has 0 saturated carbocycles. The second-order valence-corrected chi connectivity index (χ2v) is 4.71. The Hall–Kier alpha value is -1.36. The lowest BCUT2D eigenvalue weighted by atomic mass is 10.0. The van der Waals surface area contributed by atoms with E-state index >= 15 is 0 Å². The van der Waals surface area contributed by atoms with Crippen LogP contribution in [0.5, 0.6) is 5.88 Å². The molecule has 1 N–H and O–H groups in total. The molecular weight excluding hydrogens is 228 g/mol. The van der Waals surface area contributed by atoms with Crippen LogP contribution in [-0.4, -0.2) is 47.7 Å². The molecule has 1 saturated heterocycles. The minimum absolute atomic E-state index is 0.503. The van der Waals surface area contributed by atoms with E-state index in [1.54, 1.807) is 12.4 Å². The fraction of sp³-hybridized carbons (Fsp3) is 0.692. The number of aromatic nitrogens is 2. The Bertz CT molecular complexity index is 372. The summed E-state index contributed by atoms with van der Waals surface area (Å²) >= 11 is 0. The smallest absolute Gasteiger partial charge is 0.234 e. The summed E-state index contributed by atoms with van der Waals surface area (Å²) in [6, 6.07) is 0.503. The highest BCUT2D eigenvalue weighted by atomic mass is 16.5. The molecule has 0 amide bonds. The van der Waals surface area contributed by atoms with E-state index in [0.29, 0.717) is 18.5 Å². The molecule has 1 aliphatic heterocycles. The first-order valence-electron chi connectivity index (χ1n) is 6.68. The van der Waals surface area contributed by atoms with Gasteiger partial charge in [-0.15, -0.1) is 0 Å². The van der Waals surface area contributed by atoms with Gasteiger partial charge in [0.25, 0.3) is 0 Å². The molecule has 0 aliphatic carbocycles. The lowest BCUT2D eigenvalue weighted by Gasteiger charge is -2.31. The van der Waals surface area contributed by atoms with Gasteiger partial charge in [0.05, 0.1) is 12.4 Å². The van der Waals surface area contributed by atoms with Gasteiger partial charge in [0.2, 0.25) is 5.88 Å². The minimum atomic E-state index is 0.503. The molecule has 100 valence electrons. The highest BCUT2D eigenvalue weighted by Gasteiger charge is 2.19. The number of nitrogens with one attached hydrogen (secondary N) is 1. The average molecular weight is 250 g/mol. The first-order chi connectivity index (χ1) is 8.79. The van der Waals surface area contributed by atoms with Gasteiger partial charge < -0.3 is 15.0 Å². The van der Waals surface area contributed by atoms with Crippen molar-refractivity contribution in [3.8, 4) is 5.88 Å². The highest BCUT2D eigenvalue weighted by molar-refractivity contribution is 5.32. The third kappa shape index (κ3) is 3.57. The van der Waals surface area contributed by atoms with Crippen molar-refractivity contribution in [3.63, 3.8) is 0 Å². The summed E-state index contributed by atoms with van der Waals surface area (Å²) in [4.78, 5) is 10.8. The minimum Gasteiger partial charge on any atom is -0.475 e. The lowest BCUT2D eigenvalue weighted by molar-refractivity contribution is 0.122. The van der Waals surface area contributed by atoms with Crippen LogP contribution in [0.3, 0.4) is 0 Å². The summed E-state index contributed by atoms with van der Waals surface area (Å²) in [7, 11) is 2.16. The highest BCUT2D eigenvalue weighted by Crippen LogP contribution is 2.16. The monoisotopic (exact) mass is 250 g/mol. The van der Waals surface area contributed by atoms with Crippen LogP contribution in [0.4, 0.5) is 5.82 Å². The van der Waals surface area contributed by atoms with Gasteiger partial charge in [-0.2, -0.15) is 4.98 Å². The molecule has 0 radical (unpaired) electrons. The number of anilines is 1. The number of piperidine rings is 1. The van der Waals surface area contributed by atoms with Crippen LogP contribution in [0.15, 0.2) is 12.4 Å². The van der Waals surface area contributed by atoms with Crippen molar-refractivity contribution in [2.45, 2.75) is 32.2 Å². The molecule has 1 unspecified atom stereocenters. The maximum atomic E-state index is 5.75. The van der Waals surface area contributed by atoms with Crippen molar-refractivity contribution in [2.24, 2.45) is 0 Å². The number of ether oxygens (including phenoxy) is 1. The fourth-order valence-electron chi connectivity index (χ4n) is 2.22. The number of likely N-dealkylation sites (tertiary alicyclic amines) is 1. The van der Waals surface area contributed by atoms with Gasteiger partial charge in [0, 0.05) is 12.6 Å². The zero-order valence-corrected chi connectivity index (χ0v) is 11.2. The van der Waals surface area contributed by atoms with Crippen LogP contribution in [0, 0.1) is 0 Å². The SMILES string of the molecule is CCNc1cncc(OCC2CCCCN2C)n1. The Morgan fingerprint density at radius 3 is 3.11 bits per heavy atom. The van der Waals surface area contributed by atoms with Gasteiger partial charge in [-0.3, -0.25) is 4.98 Å². The topological polar surface area (TPSA) is 50.3 Å². The number of rotatable bonds is 5. The van der Waals surface area contributed by atoms with Crippen LogP contribution in [0.2, 0.25) is 0 Å². The van der Waals surface area contributed by atoms with Crippen molar-refractivity contribution in [1.82, 2.24) is 14.9 Å². The van der Waals surface area contributed by atoms with Crippen LogP contribution in [0.1, 0.15) is 26.2 Å². The van der Waals surface area contributed by atoms with E-state index in [1.807, 2.05) is 6.92 Å². The van der Waals surface area contributed by atoms with Crippen molar-refractivity contribution in [3.05, 3.63) is 12.4 Å². The van der Waals surface area contributed by atoms with Crippen LogP contribution < -0.4 is 10.1 Å². The zero-order valence-electron chi connectivity index (χ0n) is 11.2. The summed E-state index contributed by atoms with van der Waals surface area (Å²) in [6.07, 6.45) is 7.17. The lowest BCUT2D eigenvalue weighted by Crippen LogP contribution is -2.40. The Labute approximate surface area is 109 Å². The van der Waals surface area contributed by atoms with Gasteiger partial charge in [-0.25, -0.2) is 0 Å². The van der Waals surface area contributed by atoms with Crippen molar-refractivity contribution in [1.29, 1.82) is 0 Å². The van der Waals surface area contributed by atoms with Crippen molar-refractivity contribution < 1.29 is 4.74 Å². The fourth-order valence-corrected chi connectivity index (χ4v) is 2.22. The molecule has 5 heteroatoms. The molecule has 2 heterocycles. The van der Waals surface area contributed by atoms with Gasteiger partial charge in [-0.05, 0) is 33.4 Å². The molecule has 2 rings (SSSR count).